The number of fused-ring (bicyclic) bond motifs is 1. The Morgan fingerprint density at radius 2 is 1.50 bits per heavy atom. The lowest BCUT2D eigenvalue weighted by atomic mass is 10.1. The van der Waals surface area contributed by atoms with E-state index in [0.717, 1.165) is 30.5 Å². The molecule has 2 nitrogen and oxygen atoms in total. The van der Waals surface area contributed by atoms with Gasteiger partial charge in [-0.25, -0.2) is 23.1 Å². The van der Waals surface area contributed by atoms with Crippen LogP contribution >= 0.6 is 0 Å². The first kappa shape index (κ1) is 19.7. The first-order valence-corrected chi connectivity index (χ1v) is 9.55. The summed E-state index contributed by atoms with van der Waals surface area (Å²) in [4.78, 5) is 8.61. The van der Waals surface area contributed by atoms with E-state index >= 15 is 0 Å². The predicted molar refractivity (Wildman–Crippen MR) is 111 cm³/mol. The fraction of sp³-hybridized carbons (Fsp3) is 0.120. The van der Waals surface area contributed by atoms with Crippen molar-refractivity contribution in [3.05, 3.63) is 95.1 Å². The number of hydrogen-bond acceptors (Lipinski definition) is 2. The molecule has 0 bridgehead atoms. The fourth-order valence-electron chi connectivity index (χ4n) is 3.14. The molecule has 0 N–H and O–H groups in total. The van der Waals surface area contributed by atoms with Gasteiger partial charge < -0.3 is 0 Å². The molecule has 30 heavy (non-hydrogen) atoms. The van der Waals surface area contributed by atoms with Crippen molar-refractivity contribution in [1.82, 2.24) is 9.97 Å². The lowest BCUT2D eigenvalue weighted by molar-refractivity contribution is 0.511. The third-order valence-corrected chi connectivity index (χ3v) is 4.69. The molecular weight excluding hydrogens is 385 g/mol. The van der Waals surface area contributed by atoms with Crippen molar-refractivity contribution < 1.29 is 13.2 Å². The van der Waals surface area contributed by atoms with Gasteiger partial charge in [0, 0.05) is 23.5 Å². The molecule has 0 unspecified atom stereocenters. The summed E-state index contributed by atoms with van der Waals surface area (Å²) >= 11 is 0. The molecule has 0 amide bonds. The minimum atomic E-state index is -0.917. The van der Waals surface area contributed by atoms with E-state index in [9.17, 15) is 13.2 Å². The van der Waals surface area contributed by atoms with E-state index in [-0.39, 0.29) is 5.56 Å². The number of benzene rings is 3. The Morgan fingerprint density at radius 3 is 2.20 bits per heavy atom. The summed E-state index contributed by atoms with van der Waals surface area (Å²) in [5.74, 6) is 3.83. The molecule has 0 radical (unpaired) electrons. The Bertz CT molecular complexity index is 1290. The molecule has 0 aliphatic heterocycles. The van der Waals surface area contributed by atoms with Crippen LogP contribution in [0.4, 0.5) is 13.2 Å². The maximum Gasteiger partial charge on any atom is 0.159 e. The van der Waals surface area contributed by atoms with E-state index in [2.05, 4.69) is 28.7 Å². The molecule has 5 heteroatoms. The highest BCUT2D eigenvalue weighted by atomic mass is 19.2. The first-order chi connectivity index (χ1) is 14.5. The zero-order valence-corrected chi connectivity index (χ0v) is 16.2. The van der Waals surface area contributed by atoms with Gasteiger partial charge in [-0.3, -0.25) is 0 Å². The topological polar surface area (TPSA) is 25.8 Å². The molecule has 148 valence electrons. The van der Waals surface area contributed by atoms with Crippen molar-refractivity contribution in [2.45, 2.75) is 19.8 Å². The van der Waals surface area contributed by atoms with Crippen LogP contribution in [-0.2, 0) is 6.42 Å². The molecule has 0 aliphatic carbocycles. The molecule has 0 saturated heterocycles. The summed E-state index contributed by atoms with van der Waals surface area (Å²) in [7, 11) is 0. The van der Waals surface area contributed by atoms with Gasteiger partial charge in [0.25, 0.3) is 0 Å². The van der Waals surface area contributed by atoms with Crippen molar-refractivity contribution in [1.29, 1.82) is 0 Å². The normalized spacial score (nSPS) is 10.7. The lowest BCUT2D eigenvalue weighted by Gasteiger charge is -2.03. The van der Waals surface area contributed by atoms with Crippen LogP contribution in [0.3, 0.4) is 0 Å². The Morgan fingerprint density at radius 1 is 0.767 bits per heavy atom. The third kappa shape index (κ3) is 4.18. The average Bonchev–Trinajstić information content (AvgIpc) is 2.74. The Kier molecular flexibility index (Phi) is 5.49. The minimum Gasteiger partial charge on any atom is -0.236 e. The molecule has 1 aromatic heterocycles. The zero-order chi connectivity index (χ0) is 21.1. The summed E-state index contributed by atoms with van der Waals surface area (Å²) in [6, 6.07) is 11.9. The minimum absolute atomic E-state index is 0.228. The lowest BCUT2D eigenvalue weighted by Crippen LogP contribution is -1.94. The summed E-state index contributed by atoms with van der Waals surface area (Å²) < 4.78 is 41.3. The number of nitrogens with zero attached hydrogens (tertiary/aromatic N) is 2. The van der Waals surface area contributed by atoms with E-state index in [0.29, 0.717) is 27.7 Å². The number of aryl methyl sites for hydroxylation is 1. The van der Waals surface area contributed by atoms with Crippen LogP contribution < -0.4 is 0 Å². The number of aromatic nitrogens is 2. The van der Waals surface area contributed by atoms with Gasteiger partial charge in [0.15, 0.2) is 17.5 Å². The van der Waals surface area contributed by atoms with Crippen molar-refractivity contribution in [2.75, 3.05) is 0 Å². The van der Waals surface area contributed by atoms with Gasteiger partial charge in [0.2, 0.25) is 0 Å². The maximum atomic E-state index is 14.5. The van der Waals surface area contributed by atoms with E-state index in [1.165, 1.54) is 6.07 Å². The predicted octanol–water partition coefficient (Wildman–Crippen LogP) is 6.07. The van der Waals surface area contributed by atoms with Crippen LogP contribution in [-0.4, -0.2) is 9.97 Å². The van der Waals surface area contributed by atoms with Gasteiger partial charge in [-0.15, -0.1) is 0 Å². The monoisotopic (exact) mass is 402 g/mol. The van der Waals surface area contributed by atoms with Crippen molar-refractivity contribution in [3.8, 4) is 23.2 Å². The largest absolute Gasteiger partial charge is 0.236 e. The first-order valence-electron chi connectivity index (χ1n) is 9.55. The average molecular weight is 402 g/mol. The third-order valence-electron chi connectivity index (χ3n) is 4.69. The highest BCUT2D eigenvalue weighted by Gasteiger charge is 2.07. The second-order valence-electron chi connectivity index (χ2n) is 6.94. The molecule has 4 aromatic rings. The summed E-state index contributed by atoms with van der Waals surface area (Å²) in [6.45, 7) is 2.08. The Hall–Kier alpha value is -3.65. The van der Waals surface area contributed by atoms with E-state index < -0.39 is 17.5 Å². The summed E-state index contributed by atoms with van der Waals surface area (Å²) in [6.07, 6.45) is 5.42. The van der Waals surface area contributed by atoms with E-state index in [1.54, 1.807) is 42.7 Å². The van der Waals surface area contributed by atoms with Crippen LogP contribution in [0.25, 0.3) is 22.2 Å². The smallest absolute Gasteiger partial charge is 0.159 e. The van der Waals surface area contributed by atoms with E-state index in [4.69, 9.17) is 0 Å². The molecule has 0 fully saturated rings. The molecular formula is C25H17F3N2. The molecule has 4 rings (SSSR count). The molecule has 0 atom stereocenters. The highest BCUT2D eigenvalue weighted by Crippen LogP contribution is 2.21. The van der Waals surface area contributed by atoms with Crippen LogP contribution in [0, 0.1) is 29.3 Å². The van der Waals surface area contributed by atoms with Crippen LogP contribution in [0.15, 0.2) is 60.9 Å². The van der Waals surface area contributed by atoms with Gasteiger partial charge in [-0.1, -0.05) is 31.3 Å². The van der Waals surface area contributed by atoms with Crippen LogP contribution in [0.1, 0.15) is 30.0 Å². The number of hydrogen-bond donors (Lipinski definition) is 0. The quantitative estimate of drug-likeness (QED) is 0.389. The molecule has 0 spiro atoms. The van der Waals surface area contributed by atoms with Gasteiger partial charge in [-0.2, -0.15) is 0 Å². The molecule has 0 saturated carbocycles. The zero-order valence-electron chi connectivity index (χ0n) is 16.2. The SMILES string of the molecule is CCCc1cnc(-c2ccc(C#Cc3ccc4cc(F)c(F)cc4c3)c(F)c2)nc1. The van der Waals surface area contributed by atoms with E-state index in [1.807, 2.05) is 0 Å². The Balaban J connectivity index is 1.59. The van der Waals surface area contributed by atoms with Crippen LogP contribution in [0.2, 0.25) is 0 Å². The molecule has 3 aromatic carbocycles. The number of rotatable bonds is 3. The van der Waals surface area contributed by atoms with Crippen LogP contribution in [0.5, 0.6) is 0 Å². The molecule has 1 heterocycles. The highest BCUT2D eigenvalue weighted by molar-refractivity contribution is 5.84. The second kappa shape index (κ2) is 8.38. The van der Waals surface area contributed by atoms with Gasteiger partial charge in [0.1, 0.15) is 5.82 Å². The van der Waals surface area contributed by atoms with Gasteiger partial charge in [-0.05, 0) is 65.2 Å². The van der Waals surface area contributed by atoms with Crippen molar-refractivity contribution in [3.63, 3.8) is 0 Å². The maximum absolute atomic E-state index is 14.5. The summed E-state index contributed by atoms with van der Waals surface area (Å²) in [5.41, 5.74) is 2.42. The van der Waals surface area contributed by atoms with Crippen molar-refractivity contribution >= 4 is 10.8 Å². The fourth-order valence-corrected chi connectivity index (χ4v) is 3.14. The standard InChI is InChI=1S/C25H17F3N2/c1-2-3-17-14-29-25(30-15-17)20-9-8-18(22(26)12-20)6-4-16-5-7-19-11-23(27)24(28)13-21(19)10-16/h5,7-15H,2-3H2,1H3. The molecule has 0 aliphatic rings. The van der Waals surface area contributed by atoms with Gasteiger partial charge >= 0.3 is 0 Å². The Labute approximate surface area is 172 Å². The summed E-state index contributed by atoms with van der Waals surface area (Å²) in [5, 5.41) is 1.10. The number of halogens is 3. The second-order valence-corrected chi connectivity index (χ2v) is 6.94. The van der Waals surface area contributed by atoms with Gasteiger partial charge in [0.05, 0.1) is 5.56 Å². The van der Waals surface area contributed by atoms with Crippen molar-refractivity contribution in [2.24, 2.45) is 0 Å².